The molecule has 0 aliphatic carbocycles. The lowest BCUT2D eigenvalue weighted by atomic mass is 10.1. The van der Waals surface area contributed by atoms with Crippen LogP contribution in [0.4, 0.5) is 0 Å². The summed E-state index contributed by atoms with van der Waals surface area (Å²) in [5.74, 6) is -1.13. The number of carbonyl (C=O) groups is 3. The van der Waals surface area contributed by atoms with Gasteiger partial charge in [0.05, 0.1) is 18.0 Å². The van der Waals surface area contributed by atoms with E-state index >= 15 is 0 Å². The Hall–Kier alpha value is -1.91. The Morgan fingerprint density at radius 2 is 1.69 bits per heavy atom. The van der Waals surface area contributed by atoms with Crippen molar-refractivity contribution in [1.82, 2.24) is 10.0 Å². The van der Waals surface area contributed by atoms with Gasteiger partial charge >= 0.3 is 5.97 Å². The first-order chi connectivity index (χ1) is 13.5. The molecule has 29 heavy (non-hydrogen) atoms. The molecule has 0 fully saturated rings. The van der Waals surface area contributed by atoms with Crippen molar-refractivity contribution in [2.24, 2.45) is 5.92 Å². The lowest BCUT2D eigenvalue weighted by molar-refractivity contribution is -0.144. The van der Waals surface area contributed by atoms with Crippen molar-refractivity contribution in [2.75, 3.05) is 12.9 Å². The predicted octanol–water partition coefficient (Wildman–Crippen LogP) is 1.63. The third-order valence-electron chi connectivity index (χ3n) is 3.88. The molecule has 10 heteroatoms. The number of aryl methyl sites for hydroxylation is 1. The average molecular weight is 445 g/mol. The number of benzene rings is 1. The molecule has 0 aromatic heterocycles. The molecule has 1 aromatic carbocycles. The topological polar surface area (TPSA) is 119 Å². The highest BCUT2D eigenvalue weighted by atomic mass is 32.2. The zero-order valence-electron chi connectivity index (χ0n) is 17.2. The molecule has 162 valence electrons. The summed E-state index contributed by atoms with van der Waals surface area (Å²) in [5.41, 5.74) is 0.918. The smallest absolute Gasteiger partial charge is 0.329 e. The number of ether oxygens (including phenoxy) is 1. The molecule has 0 spiro atoms. The molecule has 1 rings (SSSR count). The largest absolute Gasteiger partial charge is 0.467 e. The molecule has 0 aliphatic heterocycles. The third-order valence-corrected chi connectivity index (χ3v) is 6.43. The van der Waals surface area contributed by atoms with Crippen LogP contribution in [0, 0.1) is 12.8 Å². The second-order valence-corrected chi connectivity index (χ2v) is 9.76. The van der Waals surface area contributed by atoms with Crippen LogP contribution in [-0.2, 0) is 29.1 Å². The summed E-state index contributed by atoms with van der Waals surface area (Å²) < 4.78 is 32.4. The van der Waals surface area contributed by atoms with E-state index in [2.05, 4.69) is 14.8 Å². The van der Waals surface area contributed by atoms with Gasteiger partial charge in [-0.25, -0.2) is 13.2 Å². The number of hydrogen-bond acceptors (Lipinski definition) is 7. The number of methoxy groups -OCH3 is 1. The molecule has 0 saturated carbocycles. The third kappa shape index (κ3) is 8.55. The van der Waals surface area contributed by atoms with Crippen LogP contribution in [0.2, 0.25) is 0 Å². The van der Waals surface area contributed by atoms with E-state index in [0.717, 1.165) is 17.3 Å². The van der Waals surface area contributed by atoms with Gasteiger partial charge in [0, 0.05) is 12.7 Å². The fourth-order valence-electron chi connectivity index (χ4n) is 2.46. The predicted molar refractivity (Wildman–Crippen MR) is 112 cm³/mol. The molecule has 2 atom stereocenters. The van der Waals surface area contributed by atoms with Gasteiger partial charge in [0.2, 0.25) is 21.0 Å². The highest BCUT2D eigenvalue weighted by Crippen LogP contribution is 2.18. The SMILES string of the molecule is COC(=O)[C@H](CSC(=O)[C@H](CC(C)C)NS(=O)(=O)c1ccc(C)cc1)NC(C)=O. The maximum atomic E-state index is 12.7. The second-order valence-electron chi connectivity index (χ2n) is 7.02. The van der Waals surface area contributed by atoms with Gasteiger partial charge in [-0.2, -0.15) is 4.72 Å². The number of amides is 1. The Kier molecular flexibility index (Phi) is 9.81. The van der Waals surface area contributed by atoms with Gasteiger partial charge in [0.1, 0.15) is 6.04 Å². The first-order valence-corrected chi connectivity index (χ1v) is 11.5. The summed E-state index contributed by atoms with van der Waals surface area (Å²) >= 11 is 0.777. The standard InChI is InChI=1S/C19H28N2O6S2/c1-12(2)10-16(21-29(25,26)15-8-6-13(3)7-9-15)19(24)28-11-17(18(23)27-5)20-14(4)22/h6-9,12,16-17,21H,10-11H2,1-5H3,(H,20,22)/t16-,17-/m0/s1. The number of hydrogen-bond donors (Lipinski definition) is 2. The van der Waals surface area contributed by atoms with E-state index in [0.29, 0.717) is 6.42 Å². The fourth-order valence-corrected chi connectivity index (χ4v) is 4.65. The number of carbonyl (C=O) groups excluding carboxylic acids is 3. The monoisotopic (exact) mass is 444 g/mol. The lowest BCUT2D eigenvalue weighted by Gasteiger charge is -2.20. The van der Waals surface area contributed by atoms with E-state index < -0.39 is 39.1 Å². The minimum atomic E-state index is -3.89. The van der Waals surface area contributed by atoms with Gasteiger partial charge in [-0.3, -0.25) is 9.59 Å². The van der Waals surface area contributed by atoms with E-state index in [9.17, 15) is 22.8 Å². The maximum Gasteiger partial charge on any atom is 0.329 e. The molecule has 2 N–H and O–H groups in total. The summed E-state index contributed by atoms with van der Waals surface area (Å²) in [5, 5.41) is 1.98. The van der Waals surface area contributed by atoms with Crippen molar-refractivity contribution in [3.8, 4) is 0 Å². The van der Waals surface area contributed by atoms with Crippen LogP contribution in [0.3, 0.4) is 0 Å². The number of esters is 1. The van der Waals surface area contributed by atoms with Gasteiger partial charge in [-0.1, -0.05) is 43.3 Å². The van der Waals surface area contributed by atoms with E-state index in [1.165, 1.54) is 26.2 Å². The van der Waals surface area contributed by atoms with Gasteiger partial charge in [-0.15, -0.1) is 0 Å². The van der Waals surface area contributed by atoms with Crippen molar-refractivity contribution >= 4 is 38.8 Å². The van der Waals surface area contributed by atoms with E-state index in [4.69, 9.17) is 0 Å². The molecular weight excluding hydrogens is 416 g/mol. The van der Waals surface area contributed by atoms with Gasteiger partial charge in [0.25, 0.3) is 0 Å². The number of sulfonamides is 1. The van der Waals surface area contributed by atoms with Crippen molar-refractivity contribution in [2.45, 2.75) is 51.1 Å². The highest BCUT2D eigenvalue weighted by Gasteiger charge is 2.29. The lowest BCUT2D eigenvalue weighted by Crippen LogP contribution is -2.44. The molecule has 0 bridgehead atoms. The molecule has 8 nitrogen and oxygen atoms in total. The quantitative estimate of drug-likeness (QED) is 0.527. The number of rotatable bonds is 10. The first kappa shape index (κ1) is 25.1. The Morgan fingerprint density at radius 1 is 1.10 bits per heavy atom. The fraction of sp³-hybridized carbons (Fsp3) is 0.526. The molecule has 1 aromatic rings. The normalized spacial score (nSPS) is 13.6. The van der Waals surface area contributed by atoms with Crippen LogP contribution in [0.5, 0.6) is 0 Å². The summed E-state index contributed by atoms with van der Waals surface area (Å²) in [7, 11) is -2.71. The number of thioether (sulfide) groups is 1. The van der Waals surface area contributed by atoms with Crippen molar-refractivity contribution in [1.29, 1.82) is 0 Å². The minimum Gasteiger partial charge on any atom is -0.467 e. The minimum absolute atomic E-state index is 0.0528. The molecule has 0 radical (unpaired) electrons. The van der Waals surface area contributed by atoms with Crippen LogP contribution in [0.15, 0.2) is 29.2 Å². The van der Waals surface area contributed by atoms with Crippen molar-refractivity contribution in [3.63, 3.8) is 0 Å². The summed E-state index contributed by atoms with van der Waals surface area (Å²) in [6.07, 6.45) is 0.292. The first-order valence-electron chi connectivity index (χ1n) is 9.06. The van der Waals surface area contributed by atoms with Crippen LogP contribution in [0.25, 0.3) is 0 Å². The highest BCUT2D eigenvalue weighted by molar-refractivity contribution is 8.13. The Labute approximate surface area is 176 Å². The second kappa shape index (κ2) is 11.3. The number of nitrogens with one attached hydrogen (secondary N) is 2. The van der Waals surface area contributed by atoms with Crippen LogP contribution in [-0.4, -0.2) is 50.4 Å². The van der Waals surface area contributed by atoms with Crippen LogP contribution in [0.1, 0.15) is 32.8 Å². The van der Waals surface area contributed by atoms with E-state index in [1.54, 1.807) is 12.1 Å². The average Bonchev–Trinajstić information content (AvgIpc) is 2.63. The van der Waals surface area contributed by atoms with Gasteiger partial charge < -0.3 is 10.1 Å². The summed E-state index contributed by atoms with van der Waals surface area (Å²) in [6.45, 7) is 6.84. The Morgan fingerprint density at radius 3 is 2.17 bits per heavy atom. The summed E-state index contributed by atoms with van der Waals surface area (Å²) in [4.78, 5) is 35.8. The molecular formula is C19H28N2O6S2. The Bertz CT molecular complexity index is 822. The van der Waals surface area contributed by atoms with Gasteiger partial charge in [-0.05, 0) is 31.4 Å². The molecule has 0 saturated heterocycles. The maximum absolute atomic E-state index is 12.7. The van der Waals surface area contributed by atoms with Crippen molar-refractivity contribution in [3.05, 3.63) is 29.8 Å². The van der Waals surface area contributed by atoms with Gasteiger partial charge in [0.15, 0.2) is 0 Å². The molecule has 0 unspecified atom stereocenters. The zero-order chi connectivity index (χ0) is 22.2. The summed E-state index contributed by atoms with van der Waals surface area (Å²) in [6, 6.07) is 4.34. The van der Waals surface area contributed by atoms with E-state index in [-0.39, 0.29) is 16.6 Å². The van der Waals surface area contributed by atoms with Crippen LogP contribution < -0.4 is 10.0 Å². The van der Waals surface area contributed by atoms with E-state index in [1.807, 2.05) is 20.8 Å². The molecule has 1 amide bonds. The molecule has 0 heterocycles. The zero-order valence-corrected chi connectivity index (χ0v) is 18.9. The Balaban J connectivity index is 2.93. The van der Waals surface area contributed by atoms with Crippen LogP contribution >= 0.6 is 11.8 Å². The van der Waals surface area contributed by atoms with Crippen molar-refractivity contribution < 1.29 is 27.5 Å². The molecule has 0 aliphatic rings.